The molecule has 136 valence electrons. The quantitative estimate of drug-likeness (QED) is 0.337. The molecule has 0 aromatic rings. The summed E-state index contributed by atoms with van der Waals surface area (Å²) in [7, 11) is 0. The van der Waals surface area contributed by atoms with Crippen LogP contribution in [0.1, 0.15) is 72.1 Å². The topological polar surface area (TPSA) is 61.8 Å². The van der Waals surface area contributed by atoms with Crippen LogP contribution in [0.4, 0.5) is 0 Å². The van der Waals surface area contributed by atoms with Crippen LogP contribution in [-0.4, -0.2) is 38.4 Å². The van der Waals surface area contributed by atoms with Crippen molar-refractivity contribution in [3.8, 4) is 0 Å². The highest BCUT2D eigenvalue weighted by molar-refractivity contribution is 5.70. The highest BCUT2D eigenvalue weighted by Gasteiger charge is 2.06. The molecular formula is C18H34O5. The Bertz CT molecular complexity index is 302. The molecule has 0 aliphatic rings. The standard InChI is InChI=1S/C18H34O5/c1-4-5-12-21-14-15-23-18(20)11-7-6-10-17(19)22-13-8-9-16(2)3/h16H,4-15H2,1-3H3. The zero-order chi connectivity index (χ0) is 17.3. The summed E-state index contributed by atoms with van der Waals surface area (Å²) < 4.78 is 15.5. The SMILES string of the molecule is CCCCOCCOC(=O)CCCCC(=O)OCCCC(C)C. The van der Waals surface area contributed by atoms with Gasteiger partial charge >= 0.3 is 11.9 Å². The zero-order valence-electron chi connectivity index (χ0n) is 15.1. The van der Waals surface area contributed by atoms with Gasteiger partial charge in [0.15, 0.2) is 0 Å². The van der Waals surface area contributed by atoms with Gasteiger partial charge in [0.05, 0.1) is 13.2 Å². The first kappa shape index (κ1) is 21.9. The van der Waals surface area contributed by atoms with Gasteiger partial charge in [-0.15, -0.1) is 0 Å². The number of carbonyl (C=O) groups excluding carboxylic acids is 2. The molecule has 23 heavy (non-hydrogen) atoms. The Kier molecular flexibility index (Phi) is 15.0. The van der Waals surface area contributed by atoms with E-state index in [4.69, 9.17) is 14.2 Å². The summed E-state index contributed by atoms with van der Waals surface area (Å²) in [5.41, 5.74) is 0. The van der Waals surface area contributed by atoms with E-state index in [-0.39, 0.29) is 11.9 Å². The first-order valence-electron chi connectivity index (χ1n) is 8.95. The second-order valence-electron chi connectivity index (χ2n) is 6.15. The third-order valence-corrected chi connectivity index (χ3v) is 3.33. The highest BCUT2D eigenvalue weighted by atomic mass is 16.6. The lowest BCUT2D eigenvalue weighted by Crippen LogP contribution is -2.11. The summed E-state index contributed by atoms with van der Waals surface area (Å²) in [5, 5.41) is 0. The summed E-state index contributed by atoms with van der Waals surface area (Å²) in [6, 6.07) is 0. The number of unbranched alkanes of at least 4 members (excludes halogenated alkanes) is 2. The minimum atomic E-state index is -0.227. The predicted octanol–water partition coefficient (Wildman–Crippen LogP) is 3.89. The second kappa shape index (κ2) is 15.8. The zero-order valence-corrected chi connectivity index (χ0v) is 15.1. The normalized spacial score (nSPS) is 10.8. The summed E-state index contributed by atoms with van der Waals surface area (Å²) >= 11 is 0. The van der Waals surface area contributed by atoms with Crippen molar-refractivity contribution in [2.45, 2.75) is 72.1 Å². The second-order valence-corrected chi connectivity index (χ2v) is 6.15. The molecule has 0 rings (SSSR count). The molecular weight excluding hydrogens is 296 g/mol. The van der Waals surface area contributed by atoms with Crippen LogP contribution >= 0.6 is 0 Å². The largest absolute Gasteiger partial charge is 0.466 e. The number of carbonyl (C=O) groups is 2. The molecule has 0 atom stereocenters. The van der Waals surface area contributed by atoms with E-state index >= 15 is 0 Å². The molecule has 5 nitrogen and oxygen atoms in total. The van der Waals surface area contributed by atoms with E-state index in [0.29, 0.717) is 58.0 Å². The van der Waals surface area contributed by atoms with Crippen LogP contribution in [0.15, 0.2) is 0 Å². The van der Waals surface area contributed by atoms with Crippen molar-refractivity contribution >= 4 is 11.9 Å². The number of hydrogen-bond acceptors (Lipinski definition) is 5. The Balaban J connectivity index is 3.35. The molecule has 0 aliphatic carbocycles. The average Bonchev–Trinajstić information content (AvgIpc) is 2.51. The molecule has 0 radical (unpaired) electrons. The van der Waals surface area contributed by atoms with Crippen LogP contribution < -0.4 is 0 Å². The van der Waals surface area contributed by atoms with Crippen molar-refractivity contribution in [3.63, 3.8) is 0 Å². The van der Waals surface area contributed by atoms with Gasteiger partial charge in [-0.3, -0.25) is 9.59 Å². The van der Waals surface area contributed by atoms with Gasteiger partial charge in [0.1, 0.15) is 6.61 Å². The van der Waals surface area contributed by atoms with Crippen LogP contribution in [0, 0.1) is 5.92 Å². The van der Waals surface area contributed by atoms with Gasteiger partial charge < -0.3 is 14.2 Å². The van der Waals surface area contributed by atoms with E-state index in [9.17, 15) is 9.59 Å². The predicted molar refractivity (Wildman–Crippen MR) is 90.2 cm³/mol. The molecule has 0 bridgehead atoms. The molecule has 0 fully saturated rings. The van der Waals surface area contributed by atoms with Crippen molar-refractivity contribution in [2.75, 3.05) is 26.4 Å². The van der Waals surface area contributed by atoms with Crippen molar-refractivity contribution in [3.05, 3.63) is 0 Å². The van der Waals surface area contributed by atoms with Gasteiger partial charge in [0.25, 0.3) is 0 Å². The van der Waals surface area contributed by atoms with Crippen LogP contribution in [-0.2, 0) is 23.8 Å². The first-order valence-corrected chi connectivity index (χ1v) is 8.95. The molecule has 0 saturated heterocycles. The summed E-state index contributed by atoms with van der Waals surface area (Å²) in [6.45, 7) is 8.38. The minimum absolute atomic E-state index is 0.175. The summed E-state index contributed by atoms with van der Waals surface area (Å²) in [5.74, 6) is 0.234. The molecule has 0 aromatic heterocycles. The Labute approximate surface area is 141 Å². The van der Waals surface area contributed by atoms with Gasteiger partial charge in [0, 0.05) is 19.4 Å². The molecule has 0 aromatic carbocycles. The van der Waals surface area contributed by atoms with E-state index in [1.54, 1.807) is 0 Å². The lowest BCUT2D eigenvalue weighted by atomic mass is 10.1. The lowest BCUT2D eigenvalue weighted by molar-refractivity contribution is -0.146. The monoisotopic (exact) mass is 330 g/mol. The van der Waals surface area contributed by atoms with Crippen molar-refractivity contribution in [2.24, 2.45) is 5.92 Å². The van der Waals surface area contributed by atoms with Crippen molar-refractivity contribution < 1.29 is 23.8 Å². The number of esters is 2. The van der Waals surface area contributed by atoms with Crippen LogP contribution in [0.25, 0.3) is 0 Å². The van der Waals surface area contributed by atoms with E-state index < -0.39 is 0 Å². The third kappa shape index (κ3) is 17.1. The number of ether oxygens (including phenoxy) is 3. The Morgan fingerprint density at radius 3 is 1.96 bits per heavy atom. The fourth-order valence-corrected chi connectivity index (χ4v) is 1.92. The van der Waals surface area contributed by atoms with Crippen molar-refractivity contribution in [1.29, 1.82) is 0 Å². The van der Waals surface area contributed by atoms with E-state index in [2.05, 4.69) is 20.8 Å². The molecule has 0 unspecified atom stereocenters. The van der Waals surface area contributed by atoms with Gasteiger partial charge in [-0.05, 0) is 38.0 Å². The molecule has 5 heteroatoms. The van der Waals surface area contributed by atoms with Crippen LogP contribution in [0.2, 0.25) is 0 Å². The molecule has 0 amide bonds. The highest BCUT2D eigenvalue weighted by Crippen LogP contribution is 2.06. The fraction of sp³-hybridized carbons (Fsp3) is 0.889. The minimum Gasteiger partial charge on any atom is -0.466 e. The smallest absolute Gasteiger partial charge is 0.305 e. The van der Waals surface area contributed by atoms with Crippen LogP contribution in [0.3, 0.4) is 0 Å². The van der Waals surface area contributed by atoms with Crippen molar-refractivity contribution in [1.82, 2.24) is 0 Å². The first-order chi connectivity index (χ1) is 11.1. The number of rotatable bonds is 15. The van der Waals surface area contributed by atoms with Gasteiger partial charge in [-0.2, -0.15) is 0 Å². The van der Waals surface area contributed by atoms with E-state index in [1.807, 2.05) is 0 Å². The fourth-order valence-electron chi connectivity index (χ4n) is 1.92. The van der Waals surface area contributed by atoms with Gasteiger partial charge in [-0.1, -0.05) is 27.2 Å². The molecule has 0 aliphatic heterocycles. The maximum absolute atomic E-state index is 11.5. The molecule has 0 saturated carbocycles. The third-order valence-electron chi connectivity index (χ3n) is 3.33. The maximum Gasteiger partial charge on any atom is 0.305 e. The maximum atomic E-state index is 11.5. The Morgan fingerprint density at radius 1 is 0.783 bits per heavy atom. The Morgan fingerprint density at radius 2 is 1.39 bits per heavy atom. The summed E-state index contributed by atoms with van der Waals surface area (Å²) in [4.78, 5) is 22.9. The summed E-state index contributed by atoms with van der Waals surface area (Å²) in [6.07, 6.45) is 6.13. The molecule has 0 spiro atoms. The average molecular weight is 330 g/mol. The number of hydrogen-bond donors (Lipinski definition) is 0. The van der Waals surface area contributed by atoms with E-state index in [1.165, 1.54) is 0 Å². The lowest BCUT2D eigenvalue weighted by Gasteiger charge is -2.07. The van der Waals surface area contributed by atoms with Crippen LogP contribution in [0.5, 0.6) is 0 Å². The Hall–Kier alpha value is -1.10. The van der Waals surface area contributed by atoms with Gasteiger partial charge in [-0.25, -0.2) is 0 Å². The molecule has 0 heterocycles. The van der Waals surface area contributed by atoms with Gasteiger partial charge in [0.2, 0.25) is 0 Å². The molecule has 0 N–H and O–H groups in total. The van der Waals surface area contributed by atoms with E-state index in [0.717, 1.165) is 25.7 Å².